The molecule has 6 nitrogen and oxygen atoms in total. The molecule has 0 saturated heterocycles. The number of fused-ring (bicyclic) bond motifs is 3. The molecule has 2 aromatic rings. The fraction of sp³-hybridized carbons (Fsp3) is 0.278. The van der Waals surface area contributed by atoms with E-state index >= 15 is 0 Å². The number of sulfonamides is 1. The van der Waals surface area contributed by atoms with E-state index < -0.39 is 10.0 Å². The quantitative estimate of drug-likeness (QED) is 0.590. The van der Waals surface area contributed by atoms with Gasteiger partial charge in [-0.05, 0) is 47.2 Å². The number of amides is 2. The minimum absolute atomic E-state index is 0.296. The molecule has 0 fully saturated rings. The Hall–Kier alpha value is -2.38. The van der Waals surface area contributed by atoms with Gasteiger partial charge in [-0.1, -0.05) is 30.3 Å². The first-order valence-corrected chi connectivity index (χ1v) is 10.0. The average Bonchev–Trinajstić information content (AvgIpc) is 2.91. The van der Waals surface area contributed by atoms with Crippen molar-refractivity contribution in [1.82, 2.24) is 10.0 Å². The highest BCUT2D eigenvalue weighted by Gasteiger charge is 2.18. The summed E-state index contributed by atoms with van der Waals surface area (Å²) in [5.74, 6) is 0. The molecular formula is C18H21N3O3S. The monoisotopic (exact) mass is 359 g/mol. The molecule has 3 N–H and O–H groups in total. The van der Waals surface area contributed by atoms with Crippen molar-refractivity contribution in [2.24, 2.45) is 0 Å². The van der Waals surface area contributed by atoms with E-state index in [1.54, 1.807) is 0 Å². The van der Waals surface area contributed by atoms with E-state index in [-0.39, 0.29) is 6.03 Å². The molecule has 132 valence electrons. The number of nitrogens with one attached hydrogen (secondary N) is 3. The number of carbonyl (C=O) groups excluding carboxylic acids is 1. The molecule has 0 radical (unpaired) electrons. The van der Waals surface area contributed by atoms with E-state index in [2.05, 4.69) is 27.5 Å². The predicted octanol–water partition coefficient (Wildman–Crippen LogP) is 2.32. The van der Waals surface area contributed by atoms with Crippen LogP contribution in [0.25, 0.3) is 11.1 Å². The lowest BCUT2D eigenvalue weighted by Gasteiger charge is -2.09. The Kier molecular flexibility index (Phi) is 5.06. The highest BCUT2D eigenvalue weighted by molar-refractivity contribution is 7.88. The highest BCUT2D eigenvalue weighted by atomic mass is 32.2. The second-order valence-corrected chi connectivity index (χ2v) is 7.94. The standard InChI is InChI=1S/C18H21N3O3S/c1-25(23,24)20-10-4-9-19-18(22)21-15-7-8-17-14(12-15)11-13-5-2-3-6-16(13)17/h2-3,5-8,12,20H,4,9-11H2,1H3,(H2,19,21,22). The van der Waals surface area contributed by atoms with E-state index in [0.29, 0.717) is 19.5 Å². The Labute approximate surface area is 147 Å². The average molecular weight is 359 g/mol. The van der Waals surface area contributed by atoms with Crippen molar-refractivity contribution in [2.75, 3.05) is 24.7 Å². The Morgan fingerprint density at radius 1 is 1.04 bits per heavy atom. The first kappa shape index (κ1) is 17.4. The minimum atomic E-state index is -3.18. The van der Waals surface area contributed by atoms with E-state index in [1.165, 1.54) is 22.3 Å². The van der Waals surface area contributed by atoms with Crippen molar-refractivity contribution in [1.29, 1.82) is 0 Å². The molecule has 2 aromatic carbocycles. The van der Waals surface area contributed by atoms with Crippen LogP contribution in [0.2, 0.25) is 0 Å². The van der Waals surface area contributed by atoms with Gasteiger partial charge < -0.3 is 10.6 Å². The lowest BCUT2D eigenvalue weighted by atomic mass is 10.1. The summed E-state index contributed by atoms with van der Waals surface area (Å²) in [5, 5.41) is 5.53. The van der Waals surface area contributed by atoms with Crippen LogP contribution in [0.15, 0.2) is 42.5 Å². The summed E-state index contributed by atoms with van der Waals surface area (Å²) in [6, 6.07) is 13.9. The van der Waals surface area contributed by atoms with Gasteiger partial charge in [0.25, 0.3) is 0 Å². The van der Waals surface area contributed by atoms with E-state index in [4.69, 9.17) is 0 Å². The van der Waals surface area contributed by atoms with Crippen LogP contribution in [-0.2, 0) is 16.4 Å². The van der Waals surface area contributed by atoms with Gasteiger partial charge in [-0.2, -0.15) is 0 Å². The molecule has 3 rings (SSSR count). The molecule has 0 heterocycles. The number of carbonyl (C=O) groups is 1. The fourth-order valence-corrected chi connectivity index (χ4v) is 3.46. The molecular weight excluding hydrogens is 338 g/mol. The second kappa shape index (κ2) is 7.25. The Morgan fingerprint density at radius 3 is 2.60 bits per heavy atom. The molecule has 7 heteroatoms. The molecule has 1 aliphatic carbocycles. The lowest BCUT2D eigenvalue weighted by molar-refractivity contribution is 0.252. The molecule has 0 unspecified atom stereocenters. The predicted molar refractivity (Wildman–Crippen MR) is 99.2 cm³/mol. The van der Waals surface area contributed by atoms with Crippen molar-refractivity contribution < 1.29 is 13.2 Å². The summed E-state index contributed by atoms with van der Waals surface area (Å²) in [4.78, 5) is 11.9. The van der Waals surface area contributed by atoms with Gasteiger partial charge in [0.1, 0.15) is 0 Å². The van der Waals surface area contributed by atoms with E-state index in [0.717, 1.165) is 18.4 Å². The van der Waals surface area contributed by atoms with Crippen LogP contribution in [0.3, 0.4) is 0 Å². The SMILES string of the molecule is CS(=O)(=O)NCCCNC(=O)Nc1ccc2c(c1)Cc1ccccc1-2. The third kappa shape index (κ3) is 4.58. The number of hydrogen-bond donors (Lipinski definition) is 3. The second-order valence-electron chi connectivity index (χ2n) is 6.11. The van der Waals surface area contributed by atoms with Gasteiger partial charge >= 0.3 is 6.03 Å². The van der Waals surface area contributed by atoms with Gasteiger partial charge in [0, 0.05) is 18.8 Å². The Morgan fingerprint density at radius 2 is 1.80 bits per heavy atom. The topological polar surface area (TPSA) is 87.3 Å². The van der Waals surface area contributed by atoms with Crippen molar-refractivity contribution >= 4 is 21.7 Å². The zero-order chi connectivity index (χ0) is 17.9. The maximum atomic E-state index is 11.9. The summed E-state index contributed by atoms with van der Waals surface area (Å²) in [6.45, 7) is 0.695. The van der Waals surface area contributed by atoms with Crippen molar-refractivity contribution in [3.63, 3.8) is 0 Å². The smallest absolute Gasteiger partial charge is 0.319 e. The van der Waals surface area contributed by atoms with Crippen LogP contribution in [0.5, 0.6) is 0 Å². The molecule has 0 saturated carbocycles. The fourth-order valence-electron chi connectivity index (χ4n) is 2.95. The van der Waals surface area contributed by atoms with Crippen molar-refractivity contribution in [2.45, 2.75) is 12.8 Å². The molecule has 0 bridgehead atoms. The van der Waals surface area contributed by atoms with Gasteiger partial charge in [0.2, 0.25) is 10.0 Å². The third-order valence-electron chi connectivity index (χ3n) is 4.05. The Balaban J connectivity index is 1.51. The van der Waals surface area contributed by atoms with Gasteiger partial charge in [-0.15, -0.1) is 0 Å². The van der Waals surface area contributed by atoms with E-state index in [1.807, 2.05) is 30.3 Å². The molecule has 0 spiro atoms. The molecule has 0 aliphatic heterocycles. The number of hydrogen-bond acceptors (Lipinski definition) is 3. The normalized spacial score (nSPS) is 12.4. The highest BCUT2D eigenvalue weighted by Crippen LogP contribution is 2.37. The summed E-state index contributed by atoms with van der Waals surface area (Å²) in [6.07, 6.45) is 2.51. The summed E-state index contributed by atoms with van der Waals surface area (Å²) >= 11 is 0. The molecule has 2 amide bonds. The number of urea groups is 1. The van der Waals surface area contributed by atoms with Crippen LogP contribution in [0.1, 0.15) is 17.5 Å². The van der Waals surface area contributed by atoms with Gasteiger partial charge in [0.15, 0.2) is 0 Å². The maximum Gasteiger partial charge on any atom is 0.319 e. The summed E-state index contributed by atoms with van der Waals surface area (Å²) in [5.41, 5.74) is 5.73. The van der Waals surface area contributed by atoms with Gasteiger partial charge in [-0.25, -0.2) is 17.9 Å². The lowest BCUT2D eigenvalue weighted by Crippen LogP contribution is -2.32. The van der Waals surface area contributed by atoms with Gasteiger partial charge in [0.05, 0.1) is 6.26 Å². The largest absolute Gasteiger partial charge is 0.338 e. The summed E-state index contributed by atoms with van der Waals surface area (Å²) < 4.78 is 24.2. The summed E-state index contributed by atoms with van der Waals surface area (Å²) in [7, 11) is -3.18. The van der Waals surface area contributed by atoms with E-state index in [9.17, 15) is 13.2 Å². The van der Waals surface area contributed by atoms with Crippen molar-refractivity contribution in [3.8, 4) is 11.1 Å². The van der Waals surface area contributed by atoms with Crippen LogP contribution < -0.4 is 15.4 Å². The molecule has 0 atom stereocenters. The molecule has 1 aliphatic rings. The molecule has 25 heavy (non-hydrogen) atoms. The zero-order valence-electron chi connectivity index (χ0n) is 14.0. The van der Waals surface area contributed by atoms with Crippen LogP contribution in [-0.4, -0.2) is 33.8 Å². The molecule has 0 aromatic heterocycles. The van der Waals surface area contributed by atoms with Crippen LogP contribution >= 0.6 is 0 Å². The third-order valence-corrected chi connectivity index (χ3v) is 4.78. The van der Waals surface area contributed by atoms with Gasteiger partial charge in [-0.3, -0.25) is 0 Å². The minimum Gasteiger partial charge on any atom is -0.338 e. The van der Waals surface area contributed by atoms with Crippen molar-refractivity contribution in [3.05, 3.63) is 53.6 Å². The first-order chi connectivity index (χ1) is 11.9. The first-order valence-electron chi connectivity index (χ1n) is 8.13. The van der Waals surface area contributed by atoms with Crippen LogP contribution in [0, 0.1) is 0 Å². The maximum absolute atomic E-state index is 11.9. The number of anilines is 1. The zero-order valence-corrected chi connectivity index (χ0v) is 14.8. The number of benzene rings is 2. The Bertz CT molecular complexity index is 894. The van der Waals surface area contributed by atoms with Crippen LogP contribution in [0.4, 0.5) is 10.5 Å². The number of rotatable bonds is 6.